The molecule has 3 N–H and O–H groups in total. The number of carbonyl (C=O) groups is 1. The Morgan fingerprint density at radius 2 is 2.27 bits per heavy atom. The van der Waals surface area contributed by atoms with Gasteiger partial charge >= 0.3 is 0 Å². The van der Waals surface area contributed by atoms with Gasteiger partial charge < -0.3 is 15.8 Å². The van der Waals surface area contributed by atoms with Crippen LogP contribution in [0.25, 0.3) is 0 Å². The van der Waals surface area contributed by atoms with Gasteiger partial charge in [0.1, 0.15) is 0 Å². The van der Waals surface area contributed by atoms with Gasteiger partial charge in [0, 0.05) is 13.2 Å². The molecule has 0 radical (unpaired) electrons. The number of nitrogens with one attached hydrogen (secondary N) is 1. The average Bonchev–Trinajstić information content (AvgIpc) is 2.50. The summed E-state index contributed by atoms with van der Waals surface area (Å²) in [6.45, 7) is 4.38. The molecular formula is C11H20N2O2. The number of hydrogen-bond acceptors (Lipinski definition) is 3. The molecule has 1 aliphatic rings. The van der Waals surface area contributed by atoms with Gasteiger partial charge in [0.25, 0.3) is 0 Å². The van der Waals surface area contributed by atoms with Crippen molar-refractivity contribution in [3.63, 3.8) is 0 Å². The summed E-state index contributed by atoms with van der Waals surface area (Å²) in [6, 6.07) is 0.0197. The molecule has 1 aliphatic carbocycles. The predicted molar refractivity (Wildman–Crippen MR) is 59.3 cm³/mol. The fraction of sp³-hybridized carbons (Fsp3) is 0.727. The number of rotatable bonds is 4. The normalized spacial score (nSPS) is 25.6. The van der Waals surface area contributed by atoms with Gasteiger partial charge in [-0.05, 0) is 20.3 Å². The van der Waals surface area contributed by atoms with Crippen LogP contribution in [0.4, 0.5) is 0 Å². The van der Waals surface area contributed by atoms with E-state index in [2.05, 4.69) is 5.32 Å². The third kappa shape index (κ3) is 3.64. The summed E-state index contributed by atoms with van der Waals surface area (Å²) in [5, 5.41) is 2.95. The molecule has 0 bridgehead atoms. The molecule has 0 heterocycles. The maximum atomic E-state index is 11.8. The maximum Gasteiger partial charge on any atom is 0.227 e. The number of ether oxygens (including phenoxy) is 1. The van der Waals surface area contributed by atoms with Crippen LogP contribution in [0, 0.1) is 5.92 Å². The van der Waals surface area contributed by atoms with Crippen molar-refractivity contribution in [3.05, 3.63) is 12.2 Å². The fourth-order valence-corrected chi connectivity index (χ4v) is 1.74. The first-order valence-electron chi connectivity index (χ1n) is 5.19. The van der Waals surface area contributed by atoms with Crippen LogP contribution < -0.4 is 11.1 Å². The lowest BCUT2D eigenvalue weighted by Crippen LogP contribution is -2.48. The Labute approximate surface area is 90.9 Å². The van der Waals surface area contributed by atoms with Gasteiger partial charge in [-0.15, -0.1) is 0 Å². The third-order valence-electron chi connectivity index (χ3n) is 2.42. The maximum absolute atomic E-state index is 11.8. The van der Waals surface area contributed by atoms with Crippen molar-refractivity contribution in [2.75, 3.05) is 13.7 Å². The van der Waals surface area contributed by atoms with Gasteiger partial charge in [0.05, 0.1) is 18.1 Å². The second-order valence-electron chi connectivity index (χ2n) is 4.70. The molecule has 4 nitrogen and oxygen atoms in total. The third-order valence-corrected chi connectivity index (χ3v) is 2.42. The van der Waals surface area contributed by atoms with Gasteiger partial charge in [-0.1, -0.05) is 12.2 Å². The van der Waals surface area contributed by atoms with E-state index < -0.39 is 0 Å². The number of amides is 1. The van der Waals surface area contributed by atoms with E-state index in [1.165, 1.54) is 0 Å². The molecule has 0 saturated carbocycles. The first-order chi connectivity index (χ1) is 6.94. The zero-order valence-corrected chi connectivity index (χ0v) is 9.62. The number of methoxy groups -OCH3 is 1. The van der Waals surface area contributed by atoms with E-state index in [1.807, 2.05) is 26.0 Å². The number of hydrogen-bond donors (Lipinski definition) is 2. The molecule has 0 spiro atoms. The number of nitrogens with two attached hydrogens (primary N) is 1. The Balaban J connectivity index is 2.45. The molecule has 0 saturated heterocycles. The Hall–Kier alpha value is -0.870. The molecule has 0 aromatic carbocycles. The Kier molecular flexibility index (Phi) is 3.88. The van der Waals surface area contributed by atoms with Crippen LogP contribution in [0.3, 0.4) is 0 Å². The lowest BCUT2D eigenvalue weighted by Gasteiger charge is -2.26. The van der Waals surface area contributed by atoms with Gasteiger partial charge in [-0.25, -0.2) is 0 Å². The van der Waals surface area contributed by atoms with Crippen LogP contribution in [-0.4, -0.2) is 31.2 Å². The Bertz CT molecular complexity index is 261. The minimum atomic E-state index is -0.327. The molecule has 86 valence electrons. The predicted octanol–water partition coefficient (Wildman–Crippen LogP) is 0.431. The quantitative estimate of drug-likeness (QED) is 0.664. The molecular weight excluding hydrogens is 192 g/mol. The van der Waals surface area contributed by atoms with E-state index >= 15 is 0 Å². The van der Waals surface area contributed by atoms with E-state index in [0.717, 1.165) is 0 Å². The van der Waals surface area contributed by atoms with E-state index in [1.54, 1.807) is 7.11 Å². The van der Waals surface area contributed by atoms with E-state index in [9.17, 15) is 4.79 Å². The average molecular weight is 212 g/mol. The van der Waals surface area contributed by atoms with E-state index in [-0.39, 0.29) is 23.4 Å². The molecule has 15 heavy (non-hydrogen) atoms. The van der Waals surface area contributed by atoms with Crippen molar-refractivity contribution in [1.82, 2.24) is 5.32 Å². The van der Waals surface area contributed by atoms with Gasteiger partial charge in [-0.3, -0.25) is 4.79 Å². The van der Waals surface area contributed by atoms with E-state index in [0.29, 0.717) is 13.0 Å². The van der Waals surface area contributed by atoms with Crippen molar-refractivity contribution in [3.8, 4) is 0 Å². The summed E-state index contributed by atoms with van der Waals surface area (Å²) in [5.41, 5.74) is 5.37. The van der Waals surface area contributed by atoms with Crippen molar-refractivity contribution < 1.29 is 9.53 Å². The van der Waals surface area contributed by atoms with Crippen LogP contribution in [-0.2, 0) is 9.53 Å². The molecule has 0 fully saturated rings. The summed E-state index contributed by atoms with van der Waals surface area (Å²) in [6.07, 6.45) is 4.46. The topological polar surface area (TPSA) is 64.3 Å². The van der Waals surface area contributed by atoms with Crippen LogP contribution in [0.1, 0.15) is 20.3 Å². The fourth-order valence-electron chi connectivity index (χ4n) is 1.74. The van der Waals surface area contributed by atoms with Crippen molar-refractivity contribution in [2.45, 2.75) is 31.8 Å². The highest BCUT2D eigenvalue weighted by Gasteiger charge is 2.27. The molecule has 0 aliphatic heterocycles. The van der Waals surface area contributed by atoms with Crippen LogP contribution >= 0.6 is 0 Å². The lowest BCUT2D eigenvalue weighted by atomic mass is 10.0. The minimum absolute atomic E-state index is 0.0197. The van der Waals surface area contributed by atoms with Crippen LogP contribution in [0.15, 0.2) is 12.2 Å². The highest BCUT2D eigenvalue weighted by molar-refractivity contribution is 5.81. The monoisotopic (exact) mass is 212 g/mol. The minimum Gasteiger partial charge on any atom is -0.382 e. The van der Waals surface area contributed by atoms with Gasteiger partial charge in [0.15, 0.2) is 0 Å². The number of carbonyl (C=O) groups excluding carboxylic acids is 1. The van der Waals surface area contributed by atoms with Gasteiger partial charge in [-0.2, -0.15) is 0 Å². The van der Waals surface area contributed by atoms with Crippen molar-refractivity contribution in [1.29, 1.82) is 0 Å². The lowest BCUT2D eigenvalue weighted by molar-refractivity contribution is -0.125. The molecule has 4 heteroatoms. The van der Waals surface area contributed by atoms with Gasteiger partial charge in [0.2, 0.25) is 5.91 Å². The molecule has 2 atom stereocenters. The van der Waals surface area contributed by atoms with Crippen molar-refractivity contribution in [2.24, 2.45) is 11.7 Å². The molecule has 1 amide bonds. The SMILES string of the molecule is COCC(C)(C)NC(=O)C1C=CC(N)C1. The second kappa shape index (κ2) is 4.77. The van der Waals surface area contributed by atoms with Crippen molar-refractivity contribution >= 4 is 5.91 Å². The highest BCUT2D eigenvalue weighted by atomic mass is 16.5. The molecule has 1 rings (SSSR count). The summed E-state index contributed by atoms with van der Waals surface area (Å²) in [5.74, 6) is -0.0580. The first kappa shape index (κ1) is 12.2. The summed E-state index contributed by atoms with van der Waals surface area (Å²) in [7, 11) is 1.62. The molecule has 2 unspecified atom stereocenters. The first-order valence-corrected chi connectivity index (χ1v) is 5.19. The van der Waals surface area contributed by atoms with Crippen LogP contribution in [0.2, 0.25) is 0 Å². The zero-order chi connectivity index (χ0) is 11.5. The zero-order valence-electron chi connectivity index (χ0n) is 9.62. The largest absolute Gasteiger partial charge is 0.382 e. The Morgan fingerprint density at radius 1 is 1.60 bits per heavy atom. The Morgan fingerprint density at radius 3 is 2.73 bits per heavy atom. The van der Waals surface area contributed by atoms with E-state index in [4.69, 9.17) is 10.5 Å². The summed E-state index contributed by atoms with van der Waals surface area (Å²) >= 11 is 0. The summed E-state index contributed by atoms with van der Waals surface area (Å²) < 4.78 is 5.03. The second-order valence-corrected chi connectivity index (χ2v) is 4.70. The van der Waals surface area contributed by atoms with Crippen LogP contribution in [0.5, 0.6) is 0 Å². The standard InChI is InChI=1S/C11H20N2O2/c1-11(2,7-15-3)13-10(14)8-4-5-9(12)6-8/h4-5,8-9H,6-7,12H2,1-3H3,(H,13,14). The summed E-state index contributed by atoms with van der Waals surface area (Å²) in [4.78, 5) is 11.8. The highest BCUT2D eigenvalue weighted by Crippen LogP contribution is 2.17. The molecule has 0 aromatic rings. The smallest absolute Gasteiger partial charge is 0.227 e. The molecule has 0 aromatic heterocycles.